The number of halogens is 2. The molecule has 0 amide bonds. The van der Waals surface area contributed by atoms with Gasteiger partial charge in [0.1, 0.15) is 0 Å². The third-order valence-electron chi connectivity index (χ3n) is 8.83. The predicted octanol–water partition coefficient (Wildman–Crippen LogP) is 14.9. The highest BCUT2D eigenvalue weighted by molar-refractivity contribution is 7.80. The first-order valence-corrected chi connectivity index (χ1v) is 23.6. The van der Waals surface area contributed by atoms with Crippen molar-refractivity contribution in [2.24, 2.45) is 0 Å². The fraction of sp³-hybridized carbons (Fsp3) is 1.00. The van der Waals surface area contributed by atoms with Crippen molar-refractivity contribution in [3.8, 4) is 0 Å². The van der Waals surface area contributed by atoms with Gasteiger partial charge < -0.3 is 0 Å². The smallest absolute Gasteiger partial charge is 0.179 e. The predicted molar refractivity (Wildman–Crippen MR) is 194 cm³/mol. The molecule has 0 atom stereocenters. The molecule has 0 rings (SSSR count). The van der Waals surface area contributed by atoms with Crippen LogP contribution in [0.4, 0.5) is 0 Å². The molecule has 242 valence electrons. The van der Waals surface area contributed by atoms with Gasteiger partial charge >= 0.3 is 0 Å². The van der Waals surface area contributed by atoms with Gasteiger partial charge in [0, 0.05) is 0 Å². The summed E-state index contributed by atoms with van der Waals surface area (Å²) in [7, 11) is -1.34. The van der Waals surface area contributed by atoms with Gasteiger partial charge in [-0.25, -0.2) is 0 Å². The molecular formula is C36H74Cl2SSi. The van der Waals surface area contributed by atoms with Crippen molar-refractivity contribution in [1.82, 2.24) is 0 Å². The summed E-state index contributed by atoms with van der Waals surface area (Å²) < 4.78 is 0. The molecule has 0 aromatic heterocycles. The van der Waals surface area contributed by atoms with Crippen LogP contribution < -0.4 is 0 Å². The van der Waals surface area contributed by atoms with E-state index in [-0.39, 0.29) is 0 Å². The minimum absolute atomic E-state index is 1.07. The molecule has 0 aliphatic rings. The van der Waals surface area contributed by atoms with Crippen LogP contribution in [0.3, 0.4) is 0 Å². The molecule has 0 fully saturated rings. The Morgan fingerprint density at radius 1 is 0.250 bits per heavy atom. The number of hydrogen-bond donors (Lipinski definition) is 1. The second-order valence-electron chi connectivity index (χ2n) is 12.9. The third-order valence-corrected chi connectivity index (χ3v) is 11.3. The van der Waals surface area contributed by atoms with Gasteiger partial charge in [0.25, 0.3) is 0 Å². The summed E-state index contributed by atoms with van der Waals surface area (Å²) in [5.41, 5.74) is 0. The van der Waals surface area contributed by atoms with E-state index in [2.05, 4.69) is 12.6 Å². The van der Waals surface area contributed by atoms with Crippen LogP contribution in [0.1, 0.15) is 218 Å². The van der Waals surface area contributed by atoms with Crippen molar-refractivity contribution >= 4 is 42.2 Å². The second-order valence-corrected chi connectivity index (χ2v) is 18.6. The number of thiol groups is 1. The Labute approximate surface area is 271 Å². The average molecular weight is 638 g/mol. The van der Waals surface area contributed by atoms with E-state index in [0.29, 0.717) is 0 Å². The molecule has 0 unspecified atom stereocenters. The van der Waals surface area contributed by atoms with Gasteiger partial charge in [-0.3, -0.25) is 0 Å². The summed E-state index contributed by atoms with van der Waals surface area (Å²) in [6.45, 7) is 0. The minimum Gasteiger partial charge on any atom is -0.179 e. The second kappa shape index (κ2) is 38.2. The molecule has 40 heavy (non-hydrogen) atoms. The molecule has 0 saturated heterocycles. The summed E-state index contributed by atoms with van der Waals surface area (Å²) in [4.78, 5) is 0. The zero-order valence-corrected chi connectivity index (χ0v) is 30.8. The third kappa shape index (κ3) is 39.1. The molecule has 0 aromatic carbocycles. The van der Waals surface area contributed by atoms with Crippen molar-refractivity contribution < 1.29 is 0 Å². The van der Waals surface area contributed by atoms with Crippen LogP contribution in [-0.2, 0) is 0 Å². The van der Waals surface area contributed by atoms with Crippen molar-refractivity contribution in [3.63, 3.8) is 0 Å². The lowest BCUT2D eigenvalue weighted by Gasteiger charge is -2.05. The summed E-state index contributed by atoms with van der Waals surface area (Å²) in [6, 6.07) is 1.10. The topological polar surface area (TPSA) is 0 Å². The van der Waals surface area contributed by atoms with E-state index in [9.17, 15) is 0 Å². The van der Waals surface area contributed by atoms with Crippen LogP contribution in [-0.4, -0.2) is 13.2 Å². The molecule has 0 aromatic rings. The molecule has 0 bridgehead atoms. The molecule has 4 heteroatoms. The lowest BCUT2D eigenvalue weighted by Crippen LogP contribution is -1.91. The van der Waals surface area contributed by atoms with E-state index in [1.54, 1.807) is 0 Å². The van der Waals surface area contributed by atoms with Gasteiger partial charge in [0.05, 0.1) is 0 Å². The Morgan fingerprint density at radius 2 is 0.400 bits per heavy atom. The lowest BCUT2D eigenvalue weighted by atomic mass is 10.0. The zero-order valence-electron chi connectivity index (χ0n) is 27.2. The lowest BCUT2D eigenvalue weighted by molar-refractivity contribution is 0.511. The van der Waals surface area contributed by atoms with E-state index in [0.717, 1.165) is 11.8 Å². The molecule has 0 nitrogen and oxygen atoms in total. The van der Waals surface area contributed by atoms with Crippen LogP contribution in [0.2, 0.25) is 6.04 Å². The van der Waals surface area contributed by atoms with Crippen LogP contribution in [0.15, 0.2) is 0 Å². The summed E-state index contributed by atoms with van der Waals surface area (Å²) in [6.07, 6.45) is 49.3. The summed E-state index contributed by atoms with van der Waals surface area (Å²) >= 11 is 16.1. The van der Waals surface area contributed by atoms with Gasteiger partial charge in [-0.05, 0) is 18.2 Å². The van der Waals surface area contributed by atoms with E-state index >= 15 is 0 Å². The van der Waals surface area contributed by atoms with Crippen molar-refractivity contribution in [2.75, 3.05) is 5.75 Å². The number of hydrogen-bond acceptors (Lipinski definition) is 1. The average Bonchev–Trinajstić information content (AvgIpc) is 2.95. The van der Waals surface area contributed by atoms with Crippen LogP contribution in [0.25, 0.3) is 0 Å². The highest BCUT2D eigenvalue weighted by Crippen LogP contribution is 2.17. The normalized spacial score (nSPS) is 11.7. The first-order chi connectivity index (χ1) is 19.8. The van der Waals surface area contributed by atoms with E-state index < -0.39 is 7.42 Å². The SMILES string of the molecule is SCCCCCCCCCCCCCCCCCCCCCCCCCCCCCCCCCCCC[SiH](Cl)Cl. The highest BCUT2D eigenvalue weighted by atomic mass is 35.7. The standard InChI is InChI=1S/C36H74Cl2SSi/c37-40(38)36-34-32-30-28-26-24-22-20-18-16-14-12-10-8-6-4-2-1-3-5-7-9-11-13-15-17-19-21-23-25-27-29-31-33-35-39/h39-40H,1-36H2. The molecule has 0 aliphatic heterocycles. The van der Waals surface area contributed by atoms with Crippen molar-refractivity contribution in [2.45, 2.75) is 224 Å². The Bertz CT molecular complexity index is 435. The van der Waals surface area contributed by atoms with Gasteiger partial charge in [-0.15, -0.1) is 0 Å². The maximum atomic E-state index is 5.91. The molecule has 0 radical (unpaired) electrons. The van der Waals surface area contributed by atoms with E-state index in [1.807, 2.05) is 0 Å². The maximum absolute atomic E-state index is 5.91. The first-order valence-electron chi connectivity index (χ1n) is 18.7. The summed E-state index contributed by atoms with van der Waals surface area (Å²) in [5.74, 6) is 1.07. The molecule has 0 spiro atoms. The molecule has 0 aliphatic carbocycles. The number of unbranched alkanes of at least 4 members (excludes halogenated alkanes) is 33. The molecule has 0 saturated carbocycles. The largest absolute Gasteiger partial charge is 0.237 e. The van der Waals surface area contributed by atoms with E-state index in [1.165, 1.54) is 218 Å². The van der Waals surface area contributed by atoms with Gasteiger partial charge in [0.15, 0.2) is 0 Å². The van der Waals surface area contributed by atoms with Gasteiger partial charge in [0.2, 0.25) is 7.42 Å². The van der Waals surface area contributed by atoms with Crippen LogP contribution in [0, 0.1) is 0 Å². The fourth-order valence-corrected chi connectivity index (χ4v) is 7.81. The van der Waals surface area contributed by atoms with Gasteiger partial charge in [-0.2, -0.15) is 34.8 Å². The van der Waals surface area contributed by atoms with Crippen molar-refractivity contribution in [1.29, 1.82) is 0 Å². The van der Waals surface area contributed by atoms with E-state index in [4.69, 9.17) is 22.2 Å². The van der Waals surface area contributed by atoms with Crippen LogP contribution >= 0.6 is 34.8 Å². The Balaban J connectivity index is 3.02. The quantitative estimate of drug-likeness (QED) is 0.0300. The molecule has 0 N–H and O–H groups in total. The fourth-order valence-electron chi connectivity index (χ4n) is 6.07. The van der Waals surface area contributed by atoms with Gasteiger partial charge in [-0.1, -0.05) is 212 Å². The first kappa shape index (κ1) is 41.1. The maximum Gasteiger partial charge on any atom is 0.237 e. The molecular weight excluding hydrogens is 563 g/mol. The Morgan fingerprint density at radius 3 is 0.550 bits per heavy atom. The number of rotatable bonds is 36. The van der Waals surface area contributed by atoms with Crippen molar-refractivity contribution in [3.05, 3.63) is 0 Å². The Hall–Kier alpha value is 1.15. The zero-order chi connectivity index (χ0) is 29.0. The monoisotopic (exact) mass is 636 g/mol. The Kier molecular flexibility index (Phi) is 39.3. The molecule has 0 heterocycles. The van der Waals surface area contributed by atoms with Crippen LogP contribution in [0.5, 0.6) is 0 Å². The highest BCUT2D eigenvalue weighted by Gasteiger charge is 2.01. The summed E-state index contributed by atoms with van der Waals surface area (Å²) in [5, 5.41) is 0. The minimum atomic E-state index is -1.34.